The average Bonchev–Trinajstić information content (AvgIpc) is 2.80. The summed E-state index contributed by atoms with van der Waals surface area (Å²) < 4.78 is 0. The van der Waals surface area contributed by atoms with E-state index in [9.17, 15) is 0 Å². The number of hydrogen-bond donors (Lipinski definition) is 1. The van der Waals surface area contributed by atoms with Gasteiger partial charge in [-0.05, 0) is 30.2 Å². The van der Waals surface area contributed by atoms with Gasteiger partial charge in [-0.15, -0.1) is 0 Å². The molecule has 13 heavy (non-hydrogen) atoms. The fourth-order valence-electron chi connectivity index (χ4n) is 2.01. The summed E-state index contributed by atoms with van der Waals surface area (Å²) in [6.07, 6.45) is 1.13. The molecule has 0 bridgehead atoms. The molecular formula is C12H16O. The van der Waals surface area contributed by atoms with Crippen molar-refractivity contribution in [2.75, 3.05) is 6.61 Å². The zero-order chi connectivity index (χ0) is 9.47. The topological polar surface area (TPSA) is 20.2 Å². The predicted octanol–water partition coefficient (Wildman–Crippen LogP) is 2.26. The summed E-state index contributed by atoms with van der Waals surface area (Å²) >= 11 is 0. The maximum Gasteiger partial charge on any atom is 0.0468 e. The van der Waals surface area contributed by atoms with E-state index in [0.29, 0.717) is 12.5 Å². The lowest BCUT2D eigenvalue weighted by Crippen LogP contribution is -2.06. The van der Waals surface area contributed by atoms with Gasteiger partial charge >= 0.3 is 0 Å². The maximum atomic E-state index is 9.06. The maximum absolute atomic E-state index is 9.06. The average molecular weight is 176 g/mol. The lowest BCUT2D eigenvalue weighted by Gasteiger charge is -2.10. The molecule has 1 nitrogen and oxygen atoms in total. The summed E-state index contributed by atoms with van der Waals surface area (Å²) in [7, 11) is 0. The molecule has 0 aliphatic heterocycles. The molecule has 0 spiro atoms. The number of benzene rings is 1. The van der Waals surface area contributed by atoms with Crippen LogP contribution in [0, 0.1) is 12.8 Å². The summed E-state index contributed by atoms with van der Waals surface area (Å²) in [5, 5.41) is 9.06. The molecule has 70 valence electrons. The zero-order valence-electron chi connectivity index (χ0n) is 8.25. The Balaban J connectivity index is 2.23. The van der Waals surface area contributed by atoms with Crippen molar-refractivity contribution in [2.24, 2.45) is 5.92 Å². The van der Waals surface area contributed by atoms with Crippen LogP contribution in [0.3, 0.4) is 0 Å². The fraction of sp³-hybridized carbons (Fsp3) is 0.500. The van der Waals surface area contributed by atoms with Gasteiger partial charge in [-0.3, -0.25) is 0 Å². The van der Waals surface area contributed by atoms with Gasteiger partial charge in [-0.2, -0.15) is 0 Å². The molecular weight excluding hydrogens is 160 g/mol. The number of rotatable bonds is 2. The predicted molar refractivity (Wildman–Crippen MR) is 53.7 cm³/mol. The van der Waals surface area contributed by atoms with Crippen LogP contribution in [0.15, 0.2) is 24.3 Å². The molecule has 2 rings (SSSR count). The first-order chi connectivity index (χ1) is 6.16. The Morgan fingerprint density at radius 3 is 2.46 bits per heavy atom. The standard InChI is InChI=1S/C12H16O/c1-9-3-5-10(6-4-9)12(2)7-11(12)8-13/h3-6,11,13H,7-8H2,1-2H3. The Morgan fingerprint density at radius 2 is 2.00 bits per heavy atom. The van der Waals surface area contributed by atoms with Crippen LogP contribution in [0.1, 0.15) is 24.5 Å². The zero-order valence-corrected chi connectivity index (χ0v) is 8.25. The van der Waals surface area contributed by atoms with Crippen LogP contribution in [-0.2, 0) is 5.41 Å². The Bertz CT molecular complexity index is 301. The summed E-state index contributed by atoms with van der Waals surface area (Å²) in [6, 6.07) is 8.66. The minimum absolute atomic E-state index is 0.252. The first-order valence-electron chi connectivity index (χ1n) is 4.85. The van der Waals surface area contributed by atoms with Crippen molar-refractivity contribution >= 4 is 0 Å². The Kier molecular flexibility index (Phi) is 1.92. The second-order valence-electron chi connectivity index (χ2n) is 4.37. The van der Waals surface area contributed by atoms with Crippen molar-refractivity contribution in [3.63, 3.8) is 0 Å². The Hall–Kier alpha value is -0.820. The summed E-state index contributed by atoms with van der Waals surface area (Å²) in [6.45, 7) is 4.66. The monoisotopic (exact) mass is 176 g/mol. The van der Waals surface area contributed by atoms with Crippen molar-refractivity contribution in [3.8, 4) is 0 Å². The Morgan fingerprint density at radius 1 is 1.38 bits per heavy atom. The van der Waals surface area contributed by atoms with Gasteiger partial charge < -0.3 is 5.11 Å². The molecule has 0 aromatic heterocycles. The highest BCUT2D eigenvalue weighted by Crippen LogP contribution is 2.53. The van der Waals surface area contributed by atoms with Crippen LogP contribution < -0.4 is 0 Å². The number of aliphatic hydroxyl groups is 1. The molecule has 1 fully saturated rings. The summed E-state index contributed by atoms with van der Waals surface area (Å²) in [4.78, 5) is 0. The number of aryl methyl sites for hydroxylation is 1. The molecule has 1 aromatic rings. The molecule has 0 radical (unpaired) electrons. The van der Waals surface area contributed by atoms with E-state index in [1.165, 1.54) is 11.1 Å². The first kappa shape index (κ1) is 8.76. The van der Waals surface area contributed by atoms with E-state index in [-0.39, 0.29) is 5.41 Å². The normalized spacial score (nSPS) is 31.8. The highest BCUT2D eigenvalue weighted by atomic mass is 16.3. The summed E-state index contributed by atoms with van der Waals surface area (Å²) in [5.41, 5.74) is 2.92. The van der Waals surface area contributed by atoms with Gasteiger partial charge in [0, 0.05) is 6.61 Å². The van der Waals surface area contributed by atoms with Gasteiger partial charge in [0.2, 0.25) is 0 Å². The van der Waals surface area contributed by atoms with Crippen molar-refractivity contribution in [3.05, 3.63) is 35.4 Å². The highest BCUT2D eigenvalue weighted by Gasteiger charge is 2.50. The molecule has 1 aromatic carbocycles. The number of aliphatic hydroxyl groups excluding tert-OH is 1. The van der Waals surface area contributed by atoms with E-state index in [2.05, 4.69) is 38.1 Å². The second-order valence-corrected chi connectivity index (χ2v) is 4.37. The van der Waals surface area contributed by atoms with Crippen LogP contribution in [0.5, 0.6) is 0 Å². The molecule has 0 amide bonds. The molecule has 0 saturated heterocycles. The van der Waals surface area contributed by atoms with Crippen molar-refractivity contribution < 1.29 is 5.11 Å². The van der Waals surface area contributed by atoms with Crippen LogP contribution in [0.4, 0.5) is 0 Å². The van der Waals surface area contributed by atoms with Gasteiger partial charge in [0.15, 0.2) is 0 Å². The van der Waals surface area contributed by atoms with Gasteiger partial charge in [0.25, 0.3) is 0 Å². The lowest BCUT2D eigenvalue weighted by atomic mass is 9.95. The Labute approximate surface area is 79.4 Å². The van der Waals surface area contributed by atoms with Crippen LogP contribution in [0.2, 0.25) is 0 Å². The molecule has 1 aliphatic carbocycles. The minimum Gasteiger partial charge on any atom is -0.396 e. The SMILES string of the molecule is Cc1ccc(C2(C)CC2CO)cc1. The number of hydrogen-bond acceptors (Lipinski definition) is 1. The van der Waals surface area contributed by atoms with Gasteiger partial charge in [0.05, 0.1) is 0 Å². The molecule has 2 unspecified atom stereocenters. The largest absolute Gasteiger partial charge is 0.396 e. The van der Waals surface area contributed by atoms with Crippen molar-refractivity contribution in [2.45, 2.75) is 25.7 Å². The van der Waals surface area contributed by atoms with Crippen LogP contribution in [0.25, 0.3) is 0 Å². The highest BCUT2D eigenvalue weighted by molar-refractivity contribution is 5.34. The van der Waals surface area contributed by atoms with E-state index in [4.69, 9.17) is 5.11 Å². The smallest absolute Gasteiger partial charge is 0.0468 e. The first-order valence-corrected chi connectivity index (χ1v) is 4.85. The van der Waals surface area contributed by atoms with Crippen LogP contribution in [-0.4, -0.2) is 11.7 Å². The van der Waals surface area contributed by atoms with Crippen LogP contribution >= 0.6 is 0 Å². The minimum atomic E-state index is 0.252. The molecule has 0 heterocycles. The molecule has 1 saturated carbocycles. The fourth-order valence-corrected chi connectivity index (χ4v) is 2.01. The van der Waals surface area contributed by atoms with Crippen molar-refractivity contribution in [1.82, 2.24) is 0 Å². The van der Waals surface area contributed by atoms with Gasteiger partial charge in [-0.25, -0.2) is 0 Å². The van der Waals surface area contributed by atoms with E-state index in [1.54, 1.807) is 0 Å². The lowest BCUT2D eigenvalue weighted by molar-refractivity contribution is 0.265. The van der Waals surface area contributed by atoms with Gasteiger partial charge in [0.1, 0.15) is 0 Å². The second kappa shape index (κ2) is 2.85. The summed E-state index contributed by atoms with van der Waals surface area (Å²) in [5.74, 6) is 0.482. The molecule has 1 heteroatoms. The third kappa shape index (κ3) is 1.37. The van der Waals surface area contributed by atoms with Gasteiger partial charge in [-0.1, -0.05) is 36.8 Å². The third-order valence-corrected chi connectivity index (χ3v) is 3.34. The van der Waals surface area contributed by atoms with E-state index >= 15 is 0 Å². The van der Waals surface area contributed by atoms with E-state index < -0.39 is 0 Å². The molecule has 2 atom stereocenters. The molecule has 1 N–H and O–H groups in total. The van der Waals surface area contributed by atoms with E-state index in [0.717, 1.165) is 6.42 Å². The quantitative estimate of drug-likeness (QED) is 0.733. The third-order valence-electron chi connectivity index (χ3n) is 3.34. The van der Waals surface area contributed by atoms with E-state index in [1.807, 2.05) is 0 Å². The molecule has 1 aliphatic rings. The van der Waals surface area contributed by atoms with Crippen molar-refractivity contribution in [1.29, 1.82) is 0 Å².